The lowest BCUT2D eigenvalue weighted by Crippen LogP contribution is -2.47. The van der Waals surface area contributed by atoms with Gasteiger partial charge in [0.25, 0.3) is 0 Å². The Morgan fingerprint density at radius 1 is 1.03 bits per heavy atom. The second-order valence-corrected chi connectivity index (χ2v) is 9.96. The molecule has 32 heavy (non-hydrogen) atoms. The molecule has 7 heteroatoms. The number of carbonyl (C=O) groups is 3. The first kappa shape index (κ1) is 20.9. The first-order valence-electron chi connectivity index (χ1n) is 10.5. The number of hydrogen-bond acceptors (Lipinski definition) is 4. The minimum atomic E-state index is -0.834. The molecule has 2 fully saturated rings. The van der Waals surface area contributed by atoms with Gasteiger partial charge in [0.15, 0.2) is 5.78 Å². The number of fused-ring (bicyclic) bond motifs is 5. The lowest BCUT2D eigenvalue weighted by molar-refractivity contribution is -0.135. The van der Waals surface area contributed by atoms with Crippen LogP contribution in [0, 0.1) is 23.1 Å². The summed E-state index contributed by atoms with van der Waals surface area (Å²) in [5, 5.41) is -0.171. The van der Waals surface area contributed by atoms with Crippen LogP contribution < -0.4 is 4.90 Å². The van der Waals surface area contributed by atoms with E-state index in [2.05, 4.69) is 0 Å². The Balaban J connectivity index is 1.67. The van der Waals surface area contributed by atoms with Gasteiger partial charge < -0.3 is 4.90 Å². The number of carbonyl (C=O) groups excluding carboxylic acids is 3. The summed E-state index contributed by atoms with van der Waals surface area (Å²) in [5.41, 5.74) is 1.38. The molecule has 0 radical (unpaired) electrons. The van der Waals surface area contributed by atoms with Crippen LogP contribution in [-0.2, 0) is 14.4 Å². The van der Waals surface area contributed by atoms with E-state index in [1.165, 1.54) is 12.1 Å². The lowest BCUT2D eigenvalue weighted by atomic mass is 9.79. The predicted octanol–water partition coefficient (Wildman–Crippen LogP) is 4.61. The van der Waals surface area contributed by atoms with Crippen molar-refractivity contribution in [3.05, 3.63) is 70.6 Å². The van der Waals surface area contributed by atoms with Gasteiger partial charge in [0.2, 0.25) is 11.8 Å². The predicted molar refractivity (Wildman–Crippen MR) is 119 cm³/mol. The Morgan fingerprint density at radius 3 is 2.41 bits per heavy atom. The maximum Gasteiger partial charge on any atom is 0.240 e. The molecule has 5 nitrogen and oxygen atoms in total. The highest BCUT2D eigenvalue weighted by atomic mass is 35.5. The van der Waals surface area contributed by atoms with Crippen LogP contribution in [0.5, 0.6) is 0 Å². The molecule has 0 spiro atoms. The van der Waals surface area contributed by atoms with Crippen molar-refractivity contribution >= 4 is 41.0 Å². The topological polar surface area (TPSA) is 57.7 Å². The molecule has 0 aliphatic carbocycles. The summed E-state index contributed by atoms with van der Waals surface area (Å²) in [7, 11) is 0. The molecule has 3 aliphatic heterocycles. The number of amides is 2. The molecule has 0 saturated carbocycles. The van der Waals surface area contributed by atoms with Crippen LogP contribution >= 0.6 is 11.6 Å². The number of hydrogen-bond donors (Lipinski definition) is 0. The molecule has 2 saturated heterocycles. The van der Waals surface area contributed by atoms with E-state index in [0.717, 1.165) is 22.1 Å². The van der Waals surface area contributed by atoms with Gasteiger partial charge in [-0.15, -0.1) is 0 Å². The number of imide groups is 1. The smallest absolute Gasteiger partial charge is 0.240 e. The van der Waals surface area contributed by atoms with Crippen LogP contribution in [-0.4, -0.2) is 28.5 Å². The number of benzene rings is 2. The van der Waals surface area contributed by atoms with Crippen molar-refractivity contribution in [2.75, 3.05) is 4.90 Å². The van der Waals surface area contributed by atoms with Crippen LogP contribution in [0.2, 0.25) is 5.02 Å². The van der Waals surface area contributed by atoms with Gasteiger partial charge in [-0.2, -0.15) is 0 Å². The normalized spacial score (nSPS) is 26.3. The van der Waals surface area contributed by atoms with Gasteiger partial charge in [0.05, 0.1) is 28.6 Å². The quantitative estimate of drug-likeness (QED) is 0.624. The number of halogens is 2. The van der Waals surface area contributed by atoms with E-state index in [-0.39, 0.29) is 16.5 Å². The molecule has 164 valence electrons. The Morgan fingerprint density at radius 2 is 1.72 bits per heavy atom. The van der Waals surface area contributed by atoms with Gasteiger partial charge in [0, 0.05) is 11.6 Å². The minimum absolute atomic E-state index is 0.0980. The molecule has 2 amide bonds. The van der Waals surface area contributed by atoms with Gasteiger partial charge in [0.1, 0.15) is 11.9 Å². The zero-order valence-corrected chi connectivity index (χ0v) is 18.6. The van der Waals surface area contributed by atoms with Gasteiger partial charge in [-0.05, 0) is 35.4 Å². The Hall–Kier alpha value is -2.99. The molecular formula is C25H22ClFN2O3. The van der Waals surface area contributed by atoms with Crippen LogP contribution in [0.15, 0.2) is 48.7 Å². The Bertz CT molecular complexity index is 1200. The fraction of sp³-hybridized carbons (Fsp3) is 0.320. The maximum atomic E-state index is 13.7. The molecule has 0 aromatic heterocycles. The highest BCUT2D eigenvalue weighted by Gasteiger charge is 2.65. The van der Waals surface area contributed by atoms with E-state index in [1.54, 1.807) is 0 Å². The number of anilines is 1. The molecule has 0 bridgehead atoms. The zero-order chi connectivity index (χ0) is 22.9. The summed E-state index contributed by atoms with van der Waals surface area (Å²) in [4.78, 5) is 43.8. The Kier molecular flexibility index (Phi) is 4.57. The monoisotopic (exact) mass is 452 g/mol. The average molecular weight is 453 g/mol. The standard InChI is InChI=1S/C25H22ClFN2O3/c1-25(2,3)22(30)21-19-18(20-15-7-5-4-6-13(15)10-11-28(20)21)23(31)29(24(19)32)14-8-9-17(27)16(26)12-14/h4-12,18-21H,1-3H3/t18-,19-,20-,21+/m1/s1. The van der Waals surface area contributed by atoms with E-state index in [0.29, 0.717) is 0 Å². The van der Waals surface area contributed by atoms with Crippen LogP contribution in [0.3, 0.4) is 0 Å². The van der Waals surface area contributed by atoms with E-state index in [1.807, 2.05) is 62.2 Å². The fourth-order valence-electron chi connectivity index (χ4n) is 5.18. The summed E-state index contributed by atoms with van der Waals surface area (Å²) in [6.07, 6.45) is 3.75. The molecule has 3 aliphatic rings. The molecule has 2 aromatic rings. The number of nitrogens with zero attached hydrogens (tertiary/aromatic N) is 2. The second-order valence-electron chi connectivity index (χ2n) is 9.56. The third kappa shape index (κ3) is 2.85. The van der Waals surface area contributed by atoms with Crippen molar-refractivity contribution in [1.29, 1.82) is 0 Å². The van der Waals surface area contributed by atoms with Crippen molar-refractivity contribution < 1.29 is 18.8 Å². The number of Topliss-reactive ketones (excluding diaryl/α,β-unsaturated/α-hetero) is 1. The highest BCUT2D eigenvalue weighted by molar-refractivity contribution is 6.31. The van der Waals surface area contributed by atoms with E-state index >= 15 is 0 Å². The first-order chi connectivity index (χ1) is 15.1. The maximum absolute atomic E-state index is 13.7. The number of rotatable bonds is 2. The summed E-state index contributed by atoms with van der Waals surface area (Å²) in [5.74, 6) is -3.14. The molecule has 0 N–H and O–H groups in total. The van der Waals surface area contributed by atoms with Crippen molar-refractivity contribution in [2.45, 2.75) is 32.9 Å². The summed E-state index contributed by atoms with van der Waals surface area (Å²) in [6.45, 7) is 5.45. The average Bonchev–Trinajstić information content (AvgIpc) is 3.22. The summed E-state index contributed by atoms with van der Waals surface area (Å²) in [6, 6.07) is 10.3. The zero-order valence-electron chi connectivity index (χ0n) is 17.9. The largest absolute Gasteiger partial charge is 0.359 e. The summed E-state index contributed by atoms with van der Waals surface area (Å²) >= 11 is 5.93. The van der Waals surface area contributed by atoms with Crippen molar-refractivity contribution in [3.8, 4) is 0 Å². The lowest BCUT2D eigenvalue weighted by Gasteiger charge is -2.37. The van der Waals surface area contributed by atoms with Gasteiger partial charge in [-0.25, -0.2) is 9.29 Å². The van der Waals surface area contributed by atoms with E-state index < -0.39 is 47.0 Å². The third-order valence-corrected chi connectivity index (χ3v) is 6.92. The fourth-order valence-corrected chi connectivity index (χ4v) is 5.35. The third-order valence-electron chi connectivity index (χ3n) is 6.63. The van der Waals surface area contributed by atoms with E-state index in [4.69, 9.17) is 11.6 Å². The summed E-state index contributed by atoms with van der Waals surface area (Å²) < 4.78 is 13.7. The second kappa shape index (κ2) is 7.01. The molecule has 2 aromatic carbocycles. The molecular weight excluding hydrogens is 431 g/mol. The van der Waals surface area contributed by atoms with Gasteiger partial charge in [-0.3, -0.25) is 14.4 Å². The SMILES string of the molecule is CC(C)(C)C(=O)[C@@H]1[C@@H]2C(=O)N(c3ccc(F)c(Cl)c3)C(=O)[C@H]2[C@H]2c3ccccc3C=CN12. The molecule has 5 rings (SSSR count). The van der Waals surface area contributed by atoms with Crippen LogP contribution in [0.25, 0.3) is 6.08 Å². The van der Waals surface area contributed by atoms with Crippen LogP contribution in [0.1, 0.15) is 37.9 Å². The first-order valence-corrected chi connectivity index (χ1v) is 10.9. The molecule has 3 heterocycles. The van der Waals surface area contributed by atoms with Crippen LogP contribution in [0.4, 0.5) is 10.1 Å². The van der Waals surface area contributed by atoms with Gasteiger partial charge in [-0.1, -0.05) is 56.6 Å². The number of ketones is 1. The van der Waals surface area contributed by atoms with Crippen molar-refractivity contribution in [1.82, 2.24) is 4.90 Å². The highest BCUT2D eigenvalue weighted by Crippen LogP contribution is 2.54. The molecule has 4 atom stereocenters. The van der Waals surface area contributed by atoms with Crippen molar-refractivity contribution in [3.63, 3.8) is 0 Å². The van der Waals surface area contributed by atoms with Crippen molar-refractivity contribution in [2.24, 2.45) is 17.3 Å². The molecule has 0 unspecified atom stereocenters. The minimum Gasteiger partial charge on any atom is -0.359 e. The van der Waals surface area contributed by atoms with E-state index in [9.17, 15) is 18.8 Å². The van der Waals surface area contributed by atoms with Gasteiger partial charge >= 0.3 is 0 Å². The Labute approximate surface area is 190 Å².